The number of fused-ring (bicyclic) bond motifs is 4. The number of anilines is 1. The number of amides is 1. The van der Waals surface area contributed by atoms with Gasteiger partial charge in [0.2, 0.25) is 10.0 Å². The summed E-state index contributed by atoms with van der Waals surface area (Å²) in [6.45, 7) is 1.02. The average Bonchev–Trinajstić information content (AvgIpc) is 3.44. The van der Waals surface area contributed by atoms with Crippen molar-refractivity contribution in [3.05, 3.63) is 66.1 Å². The minimum absolute atomic E-state index is 0.207. The number of benzene rings is 2. The molecule has 178 valence electrons. The molecule has 1 fully saturated rings. The molecule has 0 saturated carbocycles. The number of sulfonamides is 1. The number of pyridine rings is 1. The van der Waals surface area contributed by atoms with E-state index in [2.05, 4.69) is 31.5 Å². The molecular weight excluding hydrogens is 464 g/mol. The molecule has 5 aromatic rings. The van der Waals surface area contributed by atoms with Crippen LogP contribution in [-0.4, -0.2) is 58.1 Å². The second-order valence-electron chi connectivity index (χ2n) is 9.05. The average molecular weight is 489 g/mol. The van der Waals surface area contributed by atoms with Crippen LogP contribution in [0.4, 0.5) is 5.69 Å². The molecule has 3 N–H and O–H groups in total. The lowest BCUT2D eigenvalue weighted by molar-refractivity contribution is 0.102. The maximum absolute atomic E-state index is 12.9. The smallest absolute Gasteiger partial charge is 0.276 e. The first-order valence-corrected chi connectivity index (χ1v) is 13.3. The fourth-order valence-corrected chi connectivity index (χ4v) is 5.80. The van der Waals surface area contributed by atoms with Crippen LogP contribution in [0.3, 0.4) is 0 Å². The first-order valence-electron chi connectivity index (χ1n) is 11.5. The predicted molar refractivity (Wildman–Crippen MR) is 136 cm³/mol. The lowest BCUT2D eigenvalue weighted by Gasteiger charge is -2.29. The Kier molecular flexibility index (Phi) is 5.08. The molecule has 35 heavy (non-hydrogen) atoms. The van der Waals surface area contributed by atoms with Crippen LogP contribution in [0.15, 0.2) is 54.7 Å². The van der Waals surface area contributed by atoms with Crippen molar-refractivity contribution in [1.29, 1.82) is 0 Å². The standard InChI is InChI=1S/C25H24N6O3S/c1-35(33,34)31-10-8-15(9-11-31)22-13-19-18-12-16(6-7-20(18)28-23(19)14-26-22)27-25(32)24-17-4-2-3-5-21(17)29-30-24/h2-7,12-15,28H,8-11H2,1H3,(H,27,32)(H,29,30). The van der Waals surface area contributed by atoms with Crippen LogP contribution in [-0.2, 0) is 10.0 Å². The van der Waals surface area contributed by atoms with Gasteiger partial charge in [-0.2, -0.15) is 5.10 Å². The summed E-state index contributed by atoms with van der Waals surface area (Å²) in [5.74, 6) is -0.0696. The molecule has 0 aliphatic carbocycles. The number of carbonyl (C=O) groups is 1. The second kappa shape index (κ2) is 8.17. The Labute approximate surface area is 201 Å². The molecule has 1 amide bonds. The summed E-state index contributed by atoms with van der Waals surface area (Å²) in [5, 5.41) is 12.8. The number of nitrogens with zero attached hydrogens (tertiary/aromatic N) is 3. The number of carbonyl (C=O) groups excluding carboxylic acids is 1. The van der Waals surface area contributed by atoms with Gasteiger partial charge in [0.05, 0.1) is 23.5 Å². The Balaban J connectivity index is 1.29. The highest BCUT2D eigenvalue weighted by molar-refractivity contribution is 7.88. The zero-order valence-corrected chi connectivity index (χ0v) is 19.9. The van der Waals surface area contributed by atoms with E-state index in [9.17, 15) is 13.2 Å². The van der Waals surface area contributed by atoms with Gasteiger partial charge in [-0.05, 0) is 43.2 Å². The van der Waals surface area contributed by atoms with Crippen LogP contribution in [0, 0.1) is 0 Å². The largest absolute Gasteiger partial charge is 0.353 e. The van der Waals surface area contributed by atoms with Crippen LogP contribution in [0.5, 0.6) is 0 Å². The molecule has 9 nitrogen and oxygen atoms in total. The topological polar surface area (TPSA) is 124 Å². The zero-order valence-electron chi connectivity index (χ0n) is 19.1. The molecule has 0 unspecified atom stereocenters. The fourth-order valence-electron chi connectivity index (χ4n) is 4.93. The number of aromatic nitrogens is 4. The molecule has 3 aromatic heterocycles. The van der Waals surface area contributed by atoms with Gasteiger partial charge in [0.15, 0.2) is 5.69 Å². The van der Waals surface area contributed by atoms with E-state index in [0.717, 1.165) is 51.2 Å². The first-order chi connectivity index (χ1) is 16.9. The van der Waals surface area contributed by atoms with E-state index in [1.54, 1.807) is 0 Å². The van der Waals surface area contributed by atoms with Crippen molar-refractivity contribution in [1.82, 2.24) is 24.5 Å². The number of hydrogen-bond donors (Lipinski definition) is 3. The maximum atomic E-state index is 12.9. The molecule has 0 atom stereocenters. The predicted octanol–water partition coefficient (Wildman–Crippen LogP) is 3.98. The lowest BCUT2D eigenvalue weighted by Crippen LogP contribution is -2.37. The quantitative estimate of drug-likeness (QED) is 0.353. The van der Waals surface area contributed by atoms with Crippen molar-refractivity contribution in [3.8, 4) is 0 Å². The molecule has 1 saturated heterocycles. The maximum Gasteiger partial charge on any atom is 0.276 e. The highest BCUT2D eigenvalue weighted by atomic mass is 32.2. The summed E-state index contributed by atoms with van der Waals surface area (Å²) in [6.07, 6.45) is 4.58. The highest BCUT2D eigenvalue weighted by Gasteiger charge is 2.26. The van der Waals surface area contributed by atoms with Crippen LogP contribution in [0.25, 0.3) is 32.7 Å². The minimum Gasteiger partial charge on any atom is -0.353 e. The third-order valence-electron chi connectivity index (χ3n) is 6.79. The van der Waals surface area contributed by atoms with E-state index in [0.29, 0.717) is 24.5 Å². The molecule has 2 aromatic carbocycles. The summed E-state index contributed by atoms with van der Waals surface area (Å²) >= 11 is 0. The zero-order chi connectivity index (χ0) is 24.2. The van der Waals surface area contributed by atoms with Crippen LogP contribution >= 0.6 is 0 Å². The van der Waals surface area contributed by atoms with Crippen molar-refractivity contribution in [2.75, 3.05) is 24.7 Å². The van der Waals surface area contributed by atoms with Gasteiger partial charge in [-0.1, -0.05) is 18.2 Å². The molecule has 1 aliphatic rings. The Morgan fingerprint density at radius 1 is 1.00 bits per heavy atom. The SMILES string of the molecule is CS(=O)(=O)N1CCC(c2cc3c(cn2)[nH]c2ccc(NC(=O)c4n[nH]c5ccccc45)cc23)CC1. The van der Waals surface area contributed by atoms with E-state index in [-0.39, 0.29) is 11.8 Å². The third kappa shape index (κ3) is 3.94. The summed E-state index contributed by atoms with van der Waals surface area (Å²) in [4.78, 5) is 21.0. The first kappa shape index (κ1) is 21.8. The molecular formula is C25H24N6O3S. The van der Waals surface area contributed by atoms with E-state index < -0.39 is 10.0 Å². The summed E-state index contributed by atoms with van der Waals surface area (Å²) < 4.78 is 25.2. The lowest BCUT2D eigenvalue weighted by atomic mass is 9.93. The summed E-state index contributed by atoms with van der Waals surface area (Å²) in [6, 6.07) is 15.4. The normalized spacial score (nSPS) is 15.8. The number of rotatable bonds is 4. The molecule has 0 radical (unpaired) electrons. The summed E-state index contributed by atoms with van der Waals surface area (Å²) in [7, 11) is -3.16. The van der Waals surface area contributed by atoms with Crippen molar-refractivity contribution in [2.24, 2.45) is 0 Å². The minimum atomic E-state index is -3.16. The van der Waals surface area contributed by atoms with E-state index in [1.807, 2.05) is 48.7 Å². The van der Waals surface area contributed by atoms with Gasteiger partial charge in [-0.3, -0.25) is 14.9 Å². The Hall–Kier alpha value is -3.76. The van der Waals surface area contributed by atoms with Gasteiger partial charge in [0.25, 0.3) is 5.91 Å². The van der Waals surface area contributed by atoms with Gasteiger partial charge in [0.1, 0.15) is 0 Å². The number of nitrogens with one attached hydrogen (secondary N) is 3. The Morgan fingerprint density at radius 2 is 1.77 bits per heavy atom. The molecule has 0 spiro atoms. The molecule has 1 aliphatic heterocycles. The molecule has 0 bridgehead atoms. The van der Waals surface area contributed by atoms with Gasteiger partial charge in [-0.15, -0.1) is 0 Å². The van der Waals surface area contributed by atoms with Crippen molar-refractivity contribution < 1.29 is 13.2 Å². The van der Waals surface area contributed by atoms with E-state index in [4.69, 9.17) is 0 Å². The van der Waals surface area contributed by atoms with Crippen molar-refractivity contribution in [2.45, 2.75) is 18.8 Å². The summed E-state index contributed by atoms with van der Waals surface area (Å²) in [5.41, 5.74) is 4.67. The van der Waals surface area contributed by atoms with Crippen molar-refractivity contribution >= 4 is 54.3 Å². The number of aromatic amines is 2. The van der Waals surface area contributed by atoms with Crippen LogP contribution in [0.1, 0.15) is 34.9 Å². The van der Waals surface area contributed by atoms with E-state index >= 15 is 0 Å². The highest BCUT2D eigenvalue weighted by Crippen LogP contribution is 2.33. The van der Waals surface area contributed by atoms with Crippen LogP contribution < -0.4 is 5.32 Å². The van der Waals surface area contributed by atoms with Gasteiger partial charge in [0, 0.05) is 52.1 Å². The van der Waals surface area contributed by atoms with E-state index in [1.165, 1.54) is 10.6 Å². The molecule has 6 rings (SSSR count). The van der Waals surface area contributed by atoms with Crippen LogP contribution in [0.2, 0.25) is 0 Å². The van der Waals surface area contributed by atoms with Gasteiger partial charge < -0.3 is 10.3 Å². The second-order valence-corrected chi connectivity index (χ2v) is 11.0. The number of para-hydroxylation sites is 1. The van der Waals surface area contributed by atoms with Gasteiger partial charge in [-0.25, -0.2) is 12.7 Å². The Bertz CT molecular complexity index is 1700. The number of hydrogen-bond acceptors (Lipinski definition) is 5. The Morgan fingerprint density at radius 3 is 2.57 bits per heavy atom. The van der Waals surface area contributed by atoms with Gasteiger partial charge >= 0.3 is 0 Å². The monoisotopic (exact) mass is 488 g/mol. The molecule has 10 heteroatoms. The molecule has 4 heterocycles. The fraction of sp³-hybridized carbons (Fsp3) is 0.240. The van der Waals surface area contributed by atoms with Crippen molar-refractivity contribution in [3.63, 3.8) is 0 Å². The number of H-pyrrole nitrogens is 2. The number of piperidine rings is 1. The third-order valence-corrected chi connectivity index (χ3v) is 8.09.